The van der Waals surface area contributed by atoms with E-state index in [-0.39, 0.29) is 18.1 Å². The van der Waals surface area contributed by atoms with Crippen LogP contribution in [0.15, 0.2) is 36.4 Å². The van der Waals surface area contributed by atoms with Crippen molar-refractivity contribution in [2.24, 2.45) is 0 Å². The second-order valence-electron chi connectivity index (χ2n) is 6.30. The van der Waals surface area contributed by atoms with Crippen molar-refractivity contribution < 1.29 is 9.72 Å². The Balaban J connectivity index is 1.58. The van der Waals surface area contributed by atoms with Gasteiger partial charge in [0.1, 0.15) is 5.69 Å². The van der Waals surface area contributed by atoms with Crippen molar-refractivity contribution in [3.63, 3.8) is 0 Å². The van der Waals surface area contributed by atoms with Crippen LogP contribution in [0.25, 0.3) is 0 Å². The summed E-state index contributed by atoms with van der Waals surface area (Å²) in [5.41, 5.74) is 0.980. The monoisotopic (exact) mass is 442 g/mol. The van der Waals surface area contributed by atoms with Crippen LogP contribution in [0.1, 0.15) is 0 Å². The zero-order valence-corrected chi connectivity index (χ0v) is 17.0. The van der Waals surface area contributed by atoms with Crippen LogP contribution in [0.2, 0.25) is 15.1 Å². The van der Waals surface area contributed by atoms with Crippen molar-refractivity contribution in [2.45, 2.75) is 0 Å². The minimum absolute atomic E-state index is 0.0192. The van der Waals surface area contributed by atoms with Gasteiger partial charge in [-0.3, -0.25) is 19.8 Å². The summed E-state index contributed by atoms with van der Waals surface area (Å²) < 4.78 is 0. The highest BCUT2D eigenvalue weighted by Crippen LogP contribution is 2.32. The summed E-state index contributed by atoms with van der Waals surface area (Å²) in [5, 5.41) is 15.0. The zero-order valence-electron chi connectivity index (χ0n) is 14.7. The Morgan fingerprint density at radius 1 is 1.11 bits per heavy atom. The zero-order chi connectivity index (χ0) is 20.3. The predicted molar refractivity (Wildman–Crippen MR) is 112 cm³/mol. The van der Waals surface area contributed by atoms with E-state index in [0.29, 0.717) is 52.6 Å². The van der Waals surface area contributed by atoms with Crippen LogP contribution < -0.4 is 10.2 Å². The number of nitro benzene ring substituents is 1. The third-order valence-corrected chi connectivity index (χ3v) is 5.49. The van der Waals surface area contributed by atoms with Crippen LogP contribution in [-0.2, 0) is 4.79 Å². The molecule has 1 aliphatic rings. The van der Waals surface area contributed by atoms with Crippen LogP contribution in [0.5, 0.6) is 0 Å². The first-order valence-electron chi connectivity index (χ1n) is 8.50. The molecule has 0 unspecified atom stereocenters. The van der Waals surface area contributed by atoms with Crippen LogP contribution in [0.3, 0.4) is 0 Å². The van der Waals surface area contributed by atoms with Gasteiger partial charge in [-0.1, -0.05) is 40.9 Å². The van der Waals surface area contributed by atoms with E-state index < -0.39 is 4.92 Å². The molecule has 1 aliphatic heterocycles. The van der Waals surface area contributed by atoms with E-state index in [1.54, 1.807) is 30.3 Å². The van der Waals surface area contributed by atoms with Gasteiger partial charge in [-0.05, 0) is 24.3 Å². The summed E-state index contributed by atoms with van der Waals surface area (Å²) >= 11 is 17.9. The maximum Gasteiger partial charge on any atom is 0.294 e. The van der Waals surface area contributed by atoms with E-state index in [1.165, 1.54) is 6.07 Å². The Kier molecular flexibility index (Phi) is 6.61. The van der Waals surface area contributed by atoms with E-state index in [1.807, 2.05) is 9.80 Å². The molecule has 1 amide bonds. The van der Waals surface area contributed by atoms with Gasteiger partial charge in [0.05, 0.1) is 27.2 Å². The summed E-state index contributed by atoms with van der Waals surface area (Å²) in [6, 6.07) is 9.69. The van der Waals surface area contributed by atoms with E-state index in [4.69, 9.17) is 34.8 Å². The van der Waals surface area contributed by atoms with Crippen molar-refractivity contribution >= 4 is 57.8 Å². The molecular weight excluding hydrogens is 427 g/mol. The normalized spacial score (nSPS) is 14.8. The van der Waals surface area contributed by atoms with Crippen molar-refractivity contribution in [1.29, 1.82) is 0 Å². The van der Waals surface area contributed by atoms with Crippen molar-refractivity contribution in [2.75, 3.05) is 42.9 Å². The molecule has 28 heavy (non-hydrogen) atoms. The number of carbonyl (C=O) groups is 1. The van der Waals surface area contributed by atoms with Gasteiger partial charge in [-0.2, -0.15) is 0 Å². The number of benzene rings is 2. The fourth-order valence-corrected chi connectivity index (χ4v) is 3.56. The van der Waals surface area contributed by atoms with Gasteiger partial charge >= 0.3 is 0 Å². The lowest BCUT2D eigenvalue weighted by Crippen LogP contribution is -2.48. The summed E-state index contributed by atoms with van der Waals surface area (Å²) in [6.45, 7) is 2.51. The van der Waals surface area contributed by atoms with Crippen LogP contribution in [0, 0.1) is 10.1 Å². The van der Waals surface area contributed by atoms with E-state index in [0.717, 1.165) is 0 Å². The number of nitrogens with one attached hydrogen (secondary N) is 1. The number of rotatable bonds is 5. The van der Waals surface area contributed by atoms with Crippen molar-refractivity contribution in [3.05, 3.63) is 61.6 Å². The molecule has 0 bridgehead atoms. The summed E-state index contributed by atoms with van der Waals surface area (Å²) in [4.78, 5) is 27.1. The van der Waals surface area contributed by atoms with E-state index in [9.17, 15) is 14.9 Å². The first-order valence-corrected chi connectivity index (χ1v) is 9.63. The number of halogens is 3. The topological polar surface area (TPSA) is 78.7 Å². The lowest BCUT2D eigenvalue weighted by atomic mass is 10.2. The Labute approximate surface area is 176 Å². The van der Waals surface area contributed by atoms with Crippen LogP contribution in [-0.4, -0.2) is 48.5 Å². The molecule has 0 radical (unpaired) electrons. The fraction of sp³-hybridized carbons (Fsp3) is 0.278. The number of anilines is 2. The number of carbonyl (C=O) groups excluding carboxylic acids is 1. The maximum atomic E-state index is 12.3. The minimum Gasteiger partial charge on any atom is -0.363 e. The molecule has 10 heteroatoms. The summed E-state index contributed by atoms with van der Waals surface area (Å²) in [6.07, 6.45) is 0. The summed E-state index contributed by atoms with van der Waals surface area (Å²) in [7, 11) is 0. The van der Waals surface area contributed by atoms with Gasteiger partial charge in [0, 0.05) is 37.3 Å². The van der Waals surface area contributed by atoms with E-state index in [2.05, 4.69) is 5.32 Å². The second kappa shape index (κ2) is 8.96. The summed E-state index contributed by atoms with van der Waals surface area (Å²) in [5.74, 6) is -0.199. The first-order chi connectivity index (χ1) is 13.3. The van der Waals surface area contributed by atoms with Crippen LogP contribution in [0.4, 0.5) is 17.1 Å². The molecule has 0 atom stereocenters. The van der Waals surface area contributed by atoms with Gasteiger partial charge in [-0.25, -0.2) is 0 Å². The van der Waals surface area contributed by atoms with Gasteiger partial charge in [0.25, 0.3) is 5.69 Å². The van der Waals surface area contributed by atoms with Gasteiger partial charge in [0.2, 0.25) is 5.91 Å². The fourth-order valence-electron chi connectivity index (χ4n) is 3.05. The van der Waals surface area contributed by atoms with E-state index >= 15 is 0 Å². The average molecular weight is 444 g/mol. The van der Waals surface area contributed by atoms with Gasteiger partial charge in [0.15, 0.2) is 0 Å². The molecule has 1 heterocycles. The molecule has 1 N–H and O–H groups in total. The number of nitro groups is 1. The molecular formula is C18H17Cl3N4O3. The molecule has 148 valence electrons. The Hall–Kier alpha value is -2.06. The Morgan fingerprint density at radius 2 is 1.82 bits per heavy atom. The first kappa shape index (κ1) is 20.7. The third kappa shape index (κ3) is 4.86. The lowest BCUT2D eigenvalue weighted by Gasteiger charge is -2.35. The quantitative estimate of drug-likeness (QED) is 0.550. The Bertz CT molecular complexity index is 902. The molecule has 0 aromatic heterocycles. The number of nitrogens with zero attached hydrogens (tertiary/aromatic N) is 3. The standard InChI is InChI=1S/C18H17Cl3N4O3/c19-12-4-5-15(16(10-12)25(27)28)24-8-6-23(7-9-24)11-17(26)22-14-3-1-2-13(20)18(14)21/h1-5,10H,6-9,11H2,(H,22,26). The molecule has 0 spiro atoms. The molecule has 2 aromatic rings. The highest BCUT2D eigenvalue weighted by molar-refractivity contribution is 6.44. The van der Waals surface area contributed by atoms with Crippen molar-refractivity contribution in [3.8, 4) is 0 Å². The number of amides is 1. The lowest BCUT2D eigenvalue weighted by molar-refractivity contribution is -0.384. The third-order valence-electron chi connectivity index (χ3n) is 4.44. The molecule has 0 saturated carbocycles. The number of piperazine rings is 1. The molecule has 3 rings (SSSR count). The Morgan fingerprint density at radius 3 is 2.50 bits per heavy atom. The maximum absolute atomic E-state index is 12.3. The highest BCUT2D eigenvalue weighted by atomic mass is 35.5. The highest BCUT2D eigenvalue weighted by Gasteiger charge is 2.25. The SMILES string of the molecule is O=C(CN1CCN(c2ccc(Cl)cc2[N+](=O)[O-])CC1)Nc1cccc(Cl)c1Cl. The van der Waals surface area contributed by atoms with Crippen molar-refractivity contribution in [1.82, 2.24) is 4.90 Å². The minimum atomic E-state index is -0.435. The molecule has 7 nitrogen and oxygen atoms in total. The number of hydrogen-bond acceptors (Lipinski definition) is 5. The average Bonchev–Trinajstić information content (AvgIpc) is 2.66. The van der Waals surface area contributed by atoms with Gasteiger partial charge in [-0.15, -0.1) is 0 Å². The molecule has 1 saturated heterocycles. The second-order valence-corrected chi connectivity index (χ2v) is 7.52. The molecule has 2 aromatic carbocycles. The van der Waals surface area contributed by atoms with Crippen LogP contribution >= 0.6 is 34.8 Å². The smallest absolute Gasteiger partial charge is 0.294 e. The predicted octanol–water partition coefficient (Wildman–Crippen LogP) is 4.32. The molecule has 1 fully saturated rings. The molecule has 0 aliphatic carbocycles. The van der Waals surface area contributed by atoms with Gasteiger partial charge < -0.3 is 10.2 Å². The number of hydrogen-bond donors (Lipinski definition) is 1. The largest absolute Gasteiger partial charge is 0.363 e.